The van der Waals surface area contributed by atoms with E-state index in [0.29, 0.717) is 12.2 Å². The first-order valence-corrected chi connectivity index (χ1v) is 8.36. The summed E-state index contributed by atoms with van der Waals surface area (Å²) < 4.78 is 5.56. The zero-order valence-electron chi connectivity index (χ0n) is 13.4. The topological polar surface area (TPSA) is 80.5 Å². The second-order valence-electron chi connectivity index (χ2n) is 6.39. The summed E-state index contributed by atoms with van der Waals surface area (Å²) in [5.74, 6) is 0. The number of ether oxygens (including phenoxy) is 1. The van der Waals surface area contributed by atoms with Crippen molar-refractivity contribution in [1.29, 1.82) is 0 Å². The van der Waals surface area contributed by atoms with E-state index in [1.807, 2.05) is 0 Å². The second-order valence-corrected chi connectivity index (χ2v) is 6.39. The number of piperidine rings is 1. The highest BCUT2D eigenvalue weighted by Gasteiger charge is 2.39. The Labute approximate surface area is 136 Å². The molecule has 0 atom stereocenters. The van der Waals surface area contributed by atoms with E-state index in [9.17, 15) is 10.1 Å². The van der Waals surface area contributed by atoms with Gasteiger partial charge in [-0.05, 0) is 44.8 Å². The van der Waals surface area contributed by atoms with Gasteiger partial charge < -0.3 is 10.1 Å². The van der Waals surface area contributed by atoms with Crippen LogP contribution in [-0.4, -0.2) is 53.2 Å². The van der Waals surface area contributed by atoms with Crippen molar-refractivity contribution >= 4 is 11.4 Å². The van der Waals surface area contributed by atoms with Crippen LogP contribution in [0.15, 0.2) is 18.5 Å². The molecule has 2 aliphatic rings. The van der Waals surface area contributed by atoms with Gasteiger partial charge in [0, 0.05) is 31.5 Å². The van der Waals surface area contributed by atoms with Gasteiger partial charge in [0.2, 0.25) is 0 Å². The van der Waals surface area contributed by atoms with E-state index in [1.54, 1.807) is 12.3 Å². The zero-order valence-corrected chi connectivity index (χ0v) is 13.4. The molecule has 23 heavy (non-hydrogen) atoms. The fourth-order valence-electron chi connectivity index (χ4n) is 3.67. The third-order valence-electron chi connectivity index (χ3n) is 5.06. The molecule has 2 fully saturated rings. The quantitative estimate of drug-likeness (QED) is 0.663. The van der Waals surface area contributed by atoms with Crippen LogP contribution < -0.4 is 5.32 Å². The fourth-order valence-corrected chi connectivity index (χ4v) is 3.67. The molecule has 7 nitrogen and oxygen atoms in total. The van der Waals surface area contributed by atoms with Crippen LogP contribution >= 0.6 is 0 Å². The molecule has 0 saturated carbocycles. The third-order valence-corrected chi connectivity index (χ3v) is 5.06. The van der Waals surface area contributed by atoms with E-state index in [0.717, 1.165) is 39.1 Å². The van der Waals surface area contributed by atoms with Crippen LogP contribution in [0, 0.1) is 10.1 Å². The van der Waals surface area contributed by atoms with Gasteiger partial charge in [-0.2, -0.15) is 0 Å². The lowest BCUT2D eigenvalue weighted by atomic mass is 9.86. The average Bonchev–Trinajstić information content (AvgIpc) is 2.62. The Hall–Kier alpha value is -1.73. The van der Waals surface area contributed by atoms with Gasteiger partial charge in [0.05, 0.1) is 4.92 Å². The van der Waals surface area contributed by atoms with Gasteiger partial charge in [0.15, 0.2) is 0 Å². The van der Waals surface area contributed by atoms with Crippen LogP contribution in [0.25, 0.3) is 0 Å². The minimum atomic E-state index is -0.382. The van der Waals surface area contributed by atoms with Crippen molar-refractivity contribution in [2.45, 2.75) is 37.6 Å². The molecule has 126 valence electrons. The third kappa shape index (κ3) is 3.61. The van der Waals surface area contributed by atoms with Crippen LogP contribution in [-0.2, 0) is 4.74 Å². The normalized spacial score (nSPS) is 21.7. The Morgan fingerprint density at radius 2 is 2.04 bits per heavy atom. The molecular formula is C16H24N4O3. The molecule has 1 aromatic rings. The summed E-state index contributed by atoms with van der Waals surface area (Å²) in [6, 6.07) is 1.68. The summed E-state index contributed by atoms with van der Waals surface area (Å²) in [5, 5.41) is 14.5. The zero-order chi connectivity index (χ0) is 16.1. The van der Waals surface area contributed by atoms with E-state index in [4.69, 9.17) is 4.74 Å². The molecule has 1 N–H and O–H groups in total. The molecule has 1 aromatic heterocycles. The molecular weight excluding hydrogens is 296 g/mol. The van der Waals surface area contributed by atoms with E-state index < -0.39 is 0 Å². The molecule has 2 saturated heterocycles. The minimum absolute atomic E-state index is 0.0355. The van der Waals surface area contributed by atoms with Crippen molar-refractivity contribution in [2.24, 2.45) is 0 Å². The summed E-state index contributed by atoms with van der Waals surface area (Å²) in [7, 11) is 0. The van der Waals surface area contributed by atoms with Gasteiger partial charge >= 0.3 is 5.69 Å². The van der Waals surface area contributed by atoms with Gasteiger partial charge in [-0.3, -0.25) is 20.0 Å². The maximum Gasteiger partial charge on any atom is 0.310 e. The molecule has 0 unspecified atom stereocenters. The smallest absolute Gasteiger partial charge is 0.310 e. The largest absolute Gasteiger partial charge is 0.381 e. The highest BCUT2D eigenvalue weighted by atomic mass is 16.6. The highest BCUT2D eigenvalue weighted by Crippen LogP contribution is 2.32. The van der Waals surface area contributed by atoms with E-state index >= 15 is 0 Å². The van der Waals surface area contributed by atoms with Crippen LogP contribution in [0.5, 0.6) is 0 Å². The van der Waals surface area contributed by atoms with Crippen molar-refractivity contribution in [3.63, 3.8) is 0 Å². The molecule has 0 spiro atoms. The number of anilines is 1. The van der Waals surface area contributed by atoms with E-state index in [-0.39, 0.29) is 16.1 Å². The molecule has 3 rings (SSSR count). The van der Waals surface area contributed by atoms with E-state index in [2.05, 4.69) is 15.2 Å². The molecule has 0 amide bonds. The number of hydrogen-bond donors (Lipinski definition) is 1. The van der Waals surface area contributed by atoms with Crippen molar-refractivity contribution in [2.75, 3.05) is 38.2 Å². The summed E-state index contributed by atoms with van der Waals surface area (Å²) in [4.78, 5) is 17.2. The number of rotatable bonds is 5. The molecule has 3 heterocycles. The summed E-state index contributed by atoms with van der Waals surface area (Å²) >= 11 is 0. The van der Waals surface area contributed by atoms with Gasteiger partial charge in [-0.15, -0.1) is 0 Å². The molecule has 0 aliphatic carbocycles. The van der Waals surface area contributed by atoms with Gasteiger partial charge in [-0.25, -0.2) is 0 Å². The second kappa shape index (κ2) is 7.23. The Morgan fingerprint density at radius 3 is 2.74 bits per heavy atom. The fraction of sp³-hybridized carbons (Fsp3) is 0.688. The van der Waals surface area contributed by atoms with Crippen molar-refractivity contribution in [3.8, 4) is 0 Å². The van der Waals surface area contributed by atoms with Gasteiger partial charge in [-0.1, -0.05) is 6.42 Å². The Kier molecular flexibility index (Phi) is 5.07. The van der Waals surface area contributed by atoms with E-state index in [1.165, 1.54) is 25.5 Å². The van der Waals surface area contributed by atoms with Crippen LogP contribution in [0.3, 0.4) is 0 Å². The van der Waals surface area contributed by atoms with Crippen LogP contribution in [0.4, 0.5) is 11.4 Å². The van der Waals surface area contributed by atoms with Gasteiger partial charge in [0.25, 0.3) is 0 Å². The number of aromatic nitrogens is 1. The van der Waals surface area contributed by atoms with Crippen molar-refractivity contribution < 1.29 is 9.66 Å². The van der Waals surface area contributed by atoms with Crippen LogP contribution in [0.2, 0.25) is 0 Å². The summed E-state index contributed by atoms with van der Waals surface area (Å²) in [5.41, 5.74) is 0.622. The standard InChI is InChI=1S/C16H24N4O3/c21-20(22)15-12-17-7-4-14(15)18-13-16(5-10-23-11-6-16)19-8-2-1-3-9-19/h4,7,12H,1-3,5-6,8-11,13H2,(H,17,18). The van der Waals surface area contributed by atoms with Crippen molar-refractivity contribution in [3.05, 3.63) is 28.6 Å². The predicted molar refractivity (Wildman–Crippen MR) is 87.6 cm³/mol. The monoisotopic (exact) mass is 320 g/mol. The average molecular weight is 320 g/mol. The first kappa shape index (κ1) is 16.1. The predicted octanol–water partition coefficient (Wildman–Crippen LogP) is 2.44. The number of nitrogens with one attached hydrogen (secondary N) is 1. The first-order valence-electron chi connectivity index (χ1n) is 8.36. The number of likely N-dealkylation sites (tertiary alicyclic amines) is 1. The Morgan fingerprint density at radius 1 is 1.30 bits per heavy atom. The number of pyridine rings is 1. The van der Waals surface area contributed by atoms with Gasteiger partial charge in [0.1, 0.15) is 11.9 Å². The minimum Gasteiger partial charge on any atom is -0.381 e. The SMILES string of the molecule is O=[N+]([O-])c1cnccc1NCC1(N2CCCCC2)CCOCC1. The summed E-state index contributed by atoms with van der Waals surface area (Å²) in [6.45, 7) is 4.45. The molecule has 0 bridgehead atoms. The first-order chi connectivity index (χ1) is 11.2. The maximum absolute atomic E-state index is 11.1. The lowest BCUT2D eigenvalue weighted by molar-refractivity contribution is -0.384. The molecule has 7 heteroatoms. The molecule has 0 aromatic carbocycles. The molecule has 2 aliphatic heterocycles. The van der Waals surface area contributed by atoms with Crippen molar-refractivity contribution in [1.82, 2.24) is 9.88 Å². The Bertz CT molecular complexity index is 540. The lowest BCUT2D eigenvalue weighted by Crippen LogP contribution is -2.57. The lowest BCUT2D eigenvalue weighted by Gasteiger charge is -2.48. The maximum atomic E-state index is 11.1. The number of hydrogen-bond acceptors (Lipinski definition) is 6. The number of nitro groups is 1. The Balaban J connectivity index is 1.75. The number of nitrogens with zero attached hydrogens (tertiary/aromatic N) is 3. The highest BCUT2D eigenvalue weighted by molar-refractivity contribution is 5.59. The van der Waals surface area contributed by atoms with Crippen LogP contribution in [0.1, 0.15) is 32.1 Å². The summed E-state index contributed by atoms with van der Waals surface area (Å²) in [6.07, 6.45) is 8.60. The molecule has 0 radical (unpaired) electrons.